The minimum absolute atomic E-state index is 0.0249. The fraction of sp³-hybridized carbons (Fsp3) is 0.500. The number of nitrogens with one attached hydrogen (secondary N) is 2. The molecule has 3 amide bonds. The summed E-state index contributed by atoms with van der Waals surface area (Å²) in [5.74, 6) is 1.00. The van der Waals surface area contributed by atoms with Crippen LogP contribution in [-0.2, 0) is 20.9 Å². The summed E-state index contributed by atoms with van der Waals surface area (Å²) in [4.78, 5) is 39.2. The predicted molar refractivity (Wildman–Crippen MR) is 114 cm³/mol. The third-order valence-corrected chi connectivity index (χ3v) is 5.23. The number of carbonyl (C=O) groups is 3. The molecule has 0 aliphatic carbocycles. The molecule has 1 fully saturated rings. The van der Waals surface area contributed by atoms with Crippen molar-refractivity contribution < 1.29 is 19.5 Å². The molecule has 1 heterocycles. The van der Waals surface area contributed by atoms with E-state index in [-0.39, 0.29) is 31.3 Å². The lowest BCUT2D eigenvalue weighted by molar-refractivity contribution is -0.143. The predicted octanol–water partition coefficient (Wildman–Crippen LogP) is 1.02. The second kappa shape index (κ2) is 9.96. The lowest BCUT2D eigenvalue weighted by Gasteiger charge is -2.35. The second-order valence-corrected chi connectivity index (χ2v) is 8.72. The van der Waals surface area contributed by atoms with Gasteiger partial charge in [-0.1, -0.05) is 38.8 Å². The van der Waals surface area contributed by atoms with E-state index in [9.17, 15) is 19.5 Å². The van der Waals surface area contributed by atoms with E-state index in [1.165, 1.54) is 4.90 Å². The maximum absolute atomic E-state index is 13.2. The molecular formula is C22H28ClN3O4. The number of rotatable bonds is 6. The van der Waals surface area contributed by atoms with E-state index in [4.69, 9.17) is 18.0 Å². The third-order valence-electron chi connectivity index (χ3n) is 4.99. The van der Waals surface area contributed by atoms with Crippen molar-refractivity contribution in [2.75, 3.05) is 12.4 Å². The first kappa shape index (κ1) is 23.7. The first-order chi connectivity index (χ1) is 14.1. The highest BCUT2D eigenvalue weighted by molar-refractivity contribution is 6.27. The number of carbonyl (C=O) groups excluding carboxylic acids is 3. The average molecular weight is 434 g/mol. The molecule has 1 aliphatic rings. The van der Waals surface area contributed by atoms with Gasteiger partial charge in [-0.2, -0.15) is 0 Å². The maximum atomic E-state index is 13.2. The number of hydrogen-bond donors (Lipinski definition) is 3. The number of likely N-dealkylation sites (tertiary alicyclic amines) is 1. The molecule has 1 saturated heterocycles. The maximum Gasteiger partial charge on any atom is 0.246 e. The zero-order chi connectivity index (χ0) is 22.5. The molecular weight excluding hydrogens is 406 g/mol. The van der Waals surface area contributed by atoms with Gasteiger partial charge in [-0.15, -0.1) is 18.0 Å². The summed E-state index contributed by atoms with van der Waals surface area (Å²) in [7, 11) is 0. The number of terminal acetylenes is 1. The Hall–Kier alpha value is -2.56. The van der Waals surface area contributed by atoms with Gasteiger partial charge in [0.15, 0.2) is 0 Å². The molecule has 1 aromatic carbocycles. The van der Waals surface area contributed by atoms with Crippen molar-refractivity contribution in [3.05, 3.63) is 35.4 Å². The SMILES string of the molecule is C#Cc1ccc(CNC(=O)[C@@H]2C[C@@H](O)CN2C(=O)[C@@H](NC(=O)CCl)C(C)(C)C)cc1. The molecule has 3 atom stereocenters. The van der Waals surface area contributed by atoms with Gasteiger partial charge in [-0.3, -0.25) is 14.4 Å². The van der Waals surface area contributed by atoms with E-state index < -0.39 is 35.4 Å². The van der Waals surface area contributed by atoms with Gasteiger partial charge in [0, 0.05) is 25.1 Å². The molecule has 30 heavy (non-hydrogen) atoms. The van der Waals surface area contributed by atoms with Gasteiger partial charge in [0.2, 0.25) is 17.7 Å². The minimum atomic E-state index is -0.874. The number of halogens is 1. The van der Waals surface area contributed by atoms with Crippen molar-refractivity contribution in [1.82, 2.24) is 15.5 Å². The van der Waals surface area contributed by atoms with Crippen molar-refractivity contribution in [3.8, 4) is 12.3 Å². The van der Waals surface area contributed by atoms with Gasteiger partial charge in [0.25, 0.3) is 0 Å². The quantitative estimate of drug-likeness (QED) is 0.460. The van der Waals surface area contributed by atoms with Crippen molar-refractivity contribution in [1.29, 1.82) is 0 Å². The van der Waals surface area contributed by atoms with Crippen molar-refractivity contribution in [2.24, 2.45) is 5.41 Å². The number of aliphatic hydroxyl groups is 1. The van der Waals surface area contributed by atoms with Crippen molar-refractivity contribution >= 4 is 29.3 Å². The summed E-state index contributed by atoms with van der Waals surface area (Å²) in [5, 5.41) is 15.6. The Morgan fingerprint density at radius 2 is 1.93 bits per heavy atom. The number of nitrogens with zero attached hydrogens (tertiary/aromatic N) is 1. The summed E-state index contributed by atoms with van der Waals surface area (Å²) >= 11 is 5.58. The highest BCUT2D eigenvalue weighted by Crippen LogP contribution is 2.26. The molecule has 0 bridgehead atoms. The molecule has 0 unspecified atom stereocenters. The van der Waals surface area contributed by atoms with Crippen LogP contribution in [0, 0.1) is 17.8 Å². The van der Waals surface area contributed by atoms with Gasteiger partial charge >= 0.3 is 0 Å². The lowest BCUT2D eigenvalue weighted by atomic mass is 9.85. The van der Waals surface area contributed by atoms with Crippen LogP contribution in [0.1, 0.15) is 38.3 Å². The van der Waals surface area contributed by atoms with Crippen LogP contribution >= 0.6 is 11.6 Å². The van der Waals surface area contributed by atoms with Crippen LogP contribution in [0.2, 0.25) is 0 Å². The largest absolute Gasteiger partial charge is 0.391 e. The number of alkyl halides is 1. The van der Waals surface area contributed by atoms with E-state index >= 15 is 0 Å². The van der Waals surface area contributed by atoms with E-state index in [0.29, 0.717) is 0 Å². The lowest BCUT2D eigenvalue weighted by Crippen LogP contribution is -2.58. The van der Waals surface area contributed by atoms with Gasteiger partial charge in [-0.05, 0) is 23.1 Å². The normalized spacial score (nSPS) is 19.7. The van der Waals surface area contributed by atoms with Crippen LogP contribution in [0.15, 0.2) is 24.3 Å². The molecule has 0 aromatic heterocycles. The molecule has 1 aromatic rings. The summed E-state index contributed by atoms with van der Waals surface area (Å²) in [6, 6.07) is 5.50. The van der Waals surface area contributed by atoms with E-state index in [0.717, 1.165) is 11.1 Å². The Balaban J connectivity index is 2.11. The smallest absolute Gasteiger partial charge is 0.246 e. The summed E-state index contributed by atoms with van der Waals surface area (Å²) < 4.78 is 0. The van der Waals surface area contributed by atoms with Crippen LogP contribution in [0.25, 0.3) is 0 Å². The van der Waals surface area contributed by atoms with Crippen LogP contribution in [0.3, 0.4) is 0 Å². The Morgan fingerprint density at radius 3 is 2.47 bits per heavy atom. The molecule has 0 radical (unpaired) electrons. The number of amides is 3. The Kier molecular flexibility index (Phi) is 7.88. The summed E-state index contributed by atoms with van der Waals surface area (Å²) in [6.45, 7) is 5.73. The molecule has 8 heteroatoms. The number of benzene rings is 1. The fourth-order valence-corrected chi connectivity index (χ4v) is 3.42. The van der Waals surface area contributed by atoms with Crippen LogP contribution in [0.5, 0.6) is 0 Å². The van der Waals surface area contributed by atoms with Crippen LogP contribution < -0.4 is 10.6 Å². The molecule has 2 rings (SSSR count). The van der Waals surface area contributed by atoms with Crippen LogP contribution in [-0.4, -0.2) is 58.3 Å². The Bertz CT molecular complexity index is 826. The topological polar surface area (TPSA) is 98.7 Å². The zero-order valence-electron chi connectivity index (χ0n) is 17.4. The number of β-amino-alcohol motifs (C(OH)–C–C–N with tert-alkyl or cyclic N) is 1. The third kappa shape index (κ3) is 5.97. The van der Waals surface area contributed by atoms with Crippen molar-refractivity contribution in [3.63, 3.8) is 0 Å². The molecule has 0 saturated carbocycles. The van der Waals surface area contributed by atoms with E-state index in [1.807, 2.05) is 32.9 Å². The first-order valence-electron chi connectivity index (χ1n) is 9.74. The van der Waals surface area contributed by atoms with Gasteiger partial charge < -0.3 is 20.6 Å². The second-order valence-electron chi connectivity index (χ2n) is 8.46. The van der Waals surface area contributed by atoms with Gasteiger partial charge in [-0.25, -0.2) is 0 Å². The molecule has 162 valence electrons. The monoisotopic (exact) mass is 433 g/mol. The first-order valence-corrected chi connectivity index (χ1v) is 10.3. The van der Waals surface area contributed by atoms with E-state index in [1.54, 1.807) is 12.1 Å². The fourth-order valence-electron chi connectivity index (χ4n) is 3.35. The number of aliphatic hydroxyl groups excluding tert-OH is 1. The van der Waals surface area contributed by atoms with Gasteiger partial charge in [0.05, 0.1) is 6.10 Å². The highest BCUT2D eigenvalue weighted by Gasteiger charge is 2.44. The Labute approximate surface area is 182 Å². The molecule has 1 aliphatic heterocycles. The Morgan fingerprint density at radius 1 is 1.30 bits per heavy atom. The van der Waals surface area contributed by atoms with Crippen molar-refractivity contribution in [2.45, 2.75) is 51.9 Å². The molecule has 7 nitrogen and oxygen atoms in total. The van der Waals surface area contributed by atoms with E-state index in [2.05, 4.69) is 16.6 Å². The van der Waals surface area contributed by atoms with Crippen LogP contribution in [0.4, 0.5) is 0 Å². The molecule has 0 spiro atoms. The van der Waals surface area contributed by atoms with Gasteiger partial charge in [0.1, 0.15) is 18.0 Å². The summed E-state index contributed by atoms with van der Waals surface area (Å²) in [5.41, 5.74) is 1.00. The summed E-state index contributed by atoms with van der Waals surface area (Å²) in [6.07, 6.45) is 4.66. The molecule has 3 N–H and O–H groups in total. The zero-order valence-corrected chi connectivity index (χ0v) is 18.2. The standard InChI is InChI=1S/C22H28ClN3O4/c1-5-14-6-8-15(9-7-14)12-24-20(29)17-10-16(27)13-26(17)21(30)19(22(2,3)4)25-18(28)11-23/h1,6-9,16-17,19,27H,10-13H2,2-4H3,(H,24,29)(H,25,28)/t16-,17+,19-/m1/s1. The number of hydrogen-bond acceptors (Lipinski definition) is 4. The minimum Gasteiger partial charge on any atom is -0.391 e. The highest BCUT2D eigenvalue weighted by atomic mass is 35.5. The average Bonchev–Trinajstić information content (AvgIpc) is 3.10.